The molecule has 25 heavy (non-hydrogen) atoms. The number of rotatable bonds is 3. The lowest BCUT2D eigenvalue weighted by atomic mass is 10.1. The molecule has 5 nitrogen and oxygen atoms in total. The number of nitrogens with zero attached hydrogens (tertiary/aromatic N) is 4. The van der Waals surface area contributed by atoms with Crippen molar-refractivity contribution in [2.45, 2.75) is 0 Å². The highest BCUT2D eigenvalue weighted by molar-refractivity contribution is 6.30. The average molecular weight is 353 g/mol. The van der Waals surface area contributed by atoms with Crippen LogP contribution in [0.2, 0.25) is 5.02 Å². The number of hydrogen-bond donors (Lipinski definition) is 0. The first-order valence-corrected chi connectivity index (χ1v) is 8.58. The van der Waals surface area contributed by atoms with Gasteiger partial charge >= 0.3 is 0 Å². The van der Waals surface area contributed by atoms with Crippen molar-refractivity contribution >= 4 is 17.4 Å². The van der Waals surface area contributed by atoms with Gasteiger partial charge in [-0.2, -0.15) is 0 Å². The summed E-state index contributed by atoms with van der Waals surface area (Å²) in [7, 11) is 0. The molecule has 0 aliphatic carbocycles. The molecule has 0 unspecified atom stereocenters. The largest absolute Gasteiger partial charge is 0.378 e. The van der Waals surface area contributed by atoms with E-state index in [0.29, 0.717) is 24.1 Å². The van der Waals surface area contributed by atoms with Gasteiger partial charge in [-0.25, -0.2) is 4.98 Å². The molecular weight excluding hydrogens is 336 g/mol. The molecule has 0 bridgehead atoms. The molecule has 1 aromatic heterocycles. The van der Waals surface area contributed by atoms with Crippen LogP contribution in [-0.4, -0.2) is 41.5 Å². The van der Waals surface area contributed by atoms with Gasteiger partial charge in [0, 0.05) is 29.2 Å². The third-order valence-electron chi connectivity index (χ3n) is 4.13. The highest BCUT2D eigenvalue weighted by Gasteiger charge is 2.20. The molecule has 4 rings (SSSR count). The van der Waals surface area contributed by atoms with Crippen LogP contribution in [0.25, 0.3) is 22.6 Å². The van der Waals surface area contributed by atoms with Gasteiger partial charge in [0.2, 0.25) is 0 Å². The predicted octanol–water partition coefficient (Wildman–Crippen LogP) is 3.70. The first kappa shape index (κ1) is 16.0. The minimum atomic E-state index is 0.595. The summed E-state index contributed by atoms with van der Waals surface area (Å²) in [6.07, 6.45) is 0. The molecule has 0 amide bonds. The Morgan fingerprint density at radius 1 is 0.840 bits per heavy atom. The van der Waals surface area contributed by atoms with Gasteiger partial charge in [0.1, 0.15) is 5.69 Å². The van der Waals surface area contributed by atoms with Gasteiger partial charge in [-0.3, -0.25) is 0 Å². The summed E-state index contributed by atoms with van der Waals surface area (Å²) in [6, 6.07) is 17.5. The average Bonchev–Trinajstić information content (AvgIpc) is 2.69. The second-order valence-corrected chi connectivity index (χ2v) is 6.22. The van der Waals surface area contributed by atoms with Gasteiger partial charge in [0.05, 0.1) is 13.2 Å². The van der Waals surface area contributed by atoms with Crippen molar-refractivity contribution in [1.29, 1.82) is 0 Å². The number of ether oxygens (including phenoxy) is 1. The van der Waals surface area contributed by atoms with Crippen molar-refractivity contribution in [3.8, 4) is 22.6 Å². The topological polar surface area (TPSA) is 51.1 Å². The summed E-state index contributed by atoms with van der Waals surface area (Å²) >= 11 is 5.98. The number of halogens is 1. The quantitative estimate of drug-likeness (QED) is 0.719. The van der Waals surface area contributed by atoms with E-state index < -0.39 is 0 Å². The standard InChI is InChI=1S/C19H17ClN4O/c20-16-8-6-15(7-9-16)18-21-19(24-10-12-25-13-11-24)17(22-23-18)14-4-2-1-3-5-14/h1-9H,10-13H2. The van der Waals surface area contributed by atoms with Crippen LogP contribution in [0.5, 0.6) is 0 Å². The second kappa shape index (κ2) is 7.17. The zero-order valence-corrected chi connectivity index (χ0v) is 14.4. The van der Waals surface area contributed by atoms with E-state index in [9.17, 15) is 0 Å². The van der Waals surface area contributed by atoms with E-state index in [-0.39, 0.29) is 0 Å². The molecule has 0 spiro atoms. The molecule has 0 radical (unpaired) electrons. The fourth-order valence-corrected chi connectivity index (χ4v) is 2.94. The molecule has 2 aromatic carbocycles. The molecule has 0 N–H and O–H groups in total. The van der Waals surface area contributed by atoms with Gasteiger partial charge in [-0.1, -0.05) is 41.9 Å². The molecular formula is C19H17ClN4O. The fourth-order valence-electron chi connectivity index (χ4n) is 2.82. The van der Waals surface area contributed by atoms with Gasteiger partial charge in [-0.05, 0) is 24.3 Å². The van der Waals surface area contributed by atoms with Crippen LogP contribution >= 0.6 is 11.6 Å². The fraction of sp³-hybridized carbons (Fsp3) is 0.211. The van der Waals surface area contributed by atoms with Crippen LogP contribution in [-0.2, 0) is 4.74 Å². The highest BCUT2D eigenvalue weighted by atomic mass is 35.5. The Labute approximate surface area is 151 Å². The van der Waals surface area contributed by atoms with E-state index in [2.05, 4.69) is 15.1 Å². The predicted molar refractivity (Wildman–Crippen MR) is 98.7 cm³/mol. The van der Waals surface area contributed by atoms with Gasteiger partial charge < -0.3 is 9.64 Å². The molecule has 1 aliphatic rings. The second-order valence-electron chi connectivity index (χ2n) is 5.78. The van der Waals surface area contributed by atoms with Crippen molar-refractivity contribution in [3.05, 3.63) is 59.6 Å². The van der Waals surface area contributed by atoms with E-state index in [1.54, 1.807) is 0 Å². The molecule has 1 saturated heterocycles. The normalized spacial score (nSPS) is 14.5. The zero-order chi connectivity index (χ0) is 17.1. The Hall–Kier alpha value is -2.50. The van der Waals surface area contributed by atoms with Crippen molar-refractivity contribution in [1.82, 2.24) is 15.2 Å². The lowest BCUT2D eigenvalue weighted by Gasteiger charge is -2.29. The molecule has 1 fully saturated rings. The number of morpholine rings is 1. The van der Waals surface area contributed by atoms with Crippen LogP contribution in [0.1, 0.15) is 0 Å². The van der Waals surface area contributed by atoms with E-state index in [0.717, 1.165) is 35.7 Å². The van der Waals surface area contributed by atoms with Gasteiger partial charge in [0.25, 0.3) is 0 Å². The maximum Gasteiger partial charge on any atom is 0.183 e. The lowest BCUT2D eigenvalue weighted by molar-refractivity contribution is 0.122. The number of anilines is 1. The van der Waals surface area contributed by atoms with Gasteiger partial charge in [-0.15, -0.1) is 10.2 Å². The summed E-state index contributed by atoms with van der Waals surface area (Å²) in [5.74, 6) is 1.44. The Kier molecular flexibility index (Phi) is 4.59. The molecule has 0 saturated carbocycles. The molecule has 0 atom stereocenters. The molecule has 6 heteroatoms. The summed E-state index contributed by atoms with van der Waals surface area (Å²) in [5.41, 5.74) is 2.69. The zero-order valence-electron chi connectivity index (χ0n) is 13.6. The highest BCUT2D eigenvalue weighted by Crippen LogP contribution is 2.29. The Morgan fingerprint density at radius 2 is 1.56 bits per heavy atom. The first-order valence-electron chi connectivity index (χ1n) is 8.20. The van der Waals surface area contributed by atoms with Crippen LogP contribution in [0.3, 0.4) is 0 Å². The third-order valence-corrected chi connectivity index (χ3v) is 4.38. The van der Waals surface area contributed by atoms with E-state index in [1.807, 2.05) is 54.6 Å². The summed E-state index contributed by atoms with van der Waals surface area (Å²) < 4.78 is 5.47. The maximum absolute atomic E-state index is 5.98. The van der Waals surface area contributed by atoms with Crippen molar-refractivity contribution < 1.29 is 4.74 Å². The Morgan fingerprint density at radius 3 is 2.28 bits per heavy atom. The number of hydrogen-bond acceptors (Lipinski definition) is 5. The van der Waals surface area contributed by atoms with E-state index in [1.165, 1.54) is 0 Å². The van der Waals surface area contributed by atoms with Crippen LogP contribution in [0.15, 0.2) is 54.6 Å². The molecule has 2 heterocycles. The van der Waals surface area contributed by atoms with Crippen LogP contribution in [0.4, 0.5) is 5.82 Å². The lowest BCUT2D eigenvalue weighted by Crippen LogP contribution is -2.37. The van der Waals surface area contributed by atoms with Gasteiger partial charge in [0.15, 0.2) is 11.6 Å². The first-order chi connectivity index (χ1) is 12.3. The smallest absolute Gasteiger partial charge is 0.183 e. The SMILES string of the molecule is Clc1ccc(-c2nnc(-c3ccccc3)c(N3CCOCC3)n2)cc1. The van der Waals surface area contributed by atoms with Crippen LogP contribution < -0.4 is 4.90 Å². The summed E-state index contributed by atoms with van der Waals surface area (Å²) in [4.78, 5) is 7.03. The minimum Gasteiger partial charge on any atom is -0.378 e. The number of benzene rings is 2. The van der Waals surface area contributed by atoms with Crippen molar-refractivity contribution in [3.63, 3.8) is 0 Å². The summed E-state index contributed by atoms with van der Waals surface area (Å²) in [5, 5.41) is 9.53. The van der Waals surface area contributed by atoms with Crippen molar-refractivity contribution in [2.24, 2.45) is 0 Å². The monoisotopic (exact) mass is 352 g/mol. The number of aromatic nitrogens is 3. The Bertz CT molecular complexity index is 849. The van der Waals surface area contributed by atoms with E-state index >= 15 is 0 Å². The molecule has 126 valence electrons. The van der Waals surface area contributed by atoms with Crippen LogP contribution in [0, 0.1) is 0 Å². The van der Waals surface area contributed by atoms with E-state index in [4.69, 9.17) is 21.3 Å². The molecule has 1 aliphatic heterocycles. The Balaban J connectivity index is 1.80. The maximum atomic E-state index is 5.98. The summed E-state index contributed by atoms with van der Waals surface area (Å²) in [6.45, 7) is 2.96. The third kappa shape index (κ3) is 3.48. The molecule has 3 aromatic rings. The van der Waals surface area contributed by atoms with Crippen molar-refractivity contribution in [2.75, 3.05) is 31.2 Å². The minimum absolute atomic E-state index is 0.595.